The predicted octanol–water partition coefficient (Wildman–Crippen LogP) is 3.16. The van der Waals surface area contributed by atoms with Crippen molar-refractivity contribution in [3.8, 4) is 0 Å². The third-order valence-corrected chi connectivity index (χ3v) is 5.73. The van der Waals surface area contributed by atoms with Gasteiger partial charge in [-0.15, -0.1) is 23.1 Å². The molecule has 2 heterocycles. The van der Waals surface area contributed by atoms with Crippen LogP contribution in [-0.4, -0.2) is 35.8 Å². The predicted molar refractivity (Wildman–Crippen MR) is 98.1 cm³/mol. The summed E-state index contributed by atoms with van der Waals surface area (Å²) in [5, 5.41) is 6.27. The molecule has 0 radical (unpaired) electrons. The summed E-state index contributed by atoms with van der Waals surface area (Å²) in [6.45, 7) is 1.94. The number of piperidine rings is 1. The van der Waals surface area contributed by atoms with Crippen LogP contribution in [0.25, 0.3) is 0 Å². The highest BCUT2D eigenvalue weighted by atomic mass is 32.2. The second kappa shape index (κ2) is 8.36. The highest BCUT2D eigenvalue weighted by Crippen LogP contribution is 2.22. The van der Waals surface area contributed by atoms with E-state index in [0.717, 1.165) is 36.8 Å². The van der Waals surface area contributed by atoms with E-state index >= 15 is 0 Å². The van der Waals surface area contributed by atoms with Crippen molar-refractivity contribution in [2.75, 3.05) is 23.7 Å². The van der Waals surface area contributed by atoms with Crippen LogP contribution in [0.4, 0.5) is 5.13 Å². The molecule has 1 aliphatic heterocycles. The number of benzene rings is 1. The van der Waals surface area contributed by atoms with Gasteiger partial charge in [0.1, 0.15) is 0 Å². The molecule has 0 unspecified atom stereocenters. The van der Waals surface area contributed by atoms with Crippen molar-refractivity contribution in [2.45, 2.75) is 24.6 Å². The number of hydrogen-bond donors (Lipinski definition) is 1. The van der Waals surface area contributed by atoms with E-state index in [1.54, 1.807) is 23.1 Å². The Hall–Kier alpha value is -1.53. The summed E-state index contributed by atoms with van der Waals surface area (Å²) in [6.07, 6.45) is 3.83. The average Bonchev–Trinajstić information content (AvgIpc) is 3.11. The van der Waals surface area contributed by atoms with E-state index in [9.17, 15) is 4.79 Å². The Morgan fingerprint density at radius 2 is 2.09 bits per heavy atom. The fourth-order valence-corrected chi connectivity index (χ4v) is 4.19. The largest absolute Gasteiger partial charge is 0.353 e. The van der Waals surface area contributed by atoms with Crippen molar-refractivity contribution in [1.29, 1.82) is 0 Å². The Morgan fingerprint density at radius 1 is 1.30 bits per heavy atom. The molecule has 0 atom stereocenters. The number of aromatic nitrogens is 1. The van der Waals surface area contributed by atoms with Crippen LogP contribution in [0.1, 0.15) is 18.4 Å². The lowest BCUT2D eigenvalue weighted by atomic mass is 10.1. The topological polar surface area (TPSA) is 45.2 Å². The Balaban J connectivity index is 1.34. The fourth-order valence-electron chi connectivity index (χ4n) is 2.69. The van der Waals surface area contributed by atoms with Crippen LogP contribution in [0.2, 0.25) is 0 Å². The van der Waals surface area contributed by atoms with Gasteiger partial charge in [-0.05, 0) is 18.4 Å². The van der Waals surface area contributed by atoms with E-state index in [4.69, 9.17) is 0 Å². The number of carbonyl (C=O) groups is 1. The number of amides is 1. The quantitative estimate of drug-likeness (QED) is 0.872. The Bertz CT molecular complexity index is 596. The highest BCUT2D eigenvalue weighted by Gasteiger charge is 2.21. The summed E-state index contributed by atoms with van der Waals surface area (Å²) in [5.74, 6) is 1.57. The van der Waals surface area contributed by atoms with Gasteiger partial charge >= 0.3 is 0 Å². The number of carbonyl (C=O) groups excluding carboxylic acids is 1. The first-order valence-electron chi connectivity index (χ1n) is 7.87. The molecule has 1 aliphatic rings. The van der Waals surface area contributed by atoms with Crippen LogP contribution in [-0.2, 0) is 10.5 Å². The van der Waals surface area contributed by atoms with E-state index in [2.05, 4.69) is 27.3 Å². The second-order valence-electron chi connectivity index (χ2n) is 5.62. The van der Waals surface area contributed by atoms with Crippen LogP contribution >= 0.6 is 23.1 Å². The Morgan fingerprint density at radius 3 is 2.78 bits per heavy atom. The molecule has 0 spiro atoms. The van der Waals surface area contributed by atoms with Crippen molar-refractivity contribution in [3.05, 3.63) is 47.5 Å². The molecule has 3 rings (SSSR count). The molecule has 1 amide bonds. The third-order valence-electron chi connectivity index (χ3n) is 3.89. The van der Waals surface area contributed by atoms with Crippen LogP contribution in [0.15, 0.2) is 41.9 Å². The summed E-state index contributed by atoms with van der Waals surface area (Å²) in [5.41, 5.74) is 1.27. The molecule has 6 heteroatoms. The van der Waals surface area contributed by atoms with E-state index < -0.39 is 0 Å². The molecule has 0 saturated carbocycles. The number of nitrogens with zero attached hydrogens (tertiary/aromatic N) is 2. The maximum Gasteiger partial charge on any atom is 0.230 e. The van der Waals surface area contributed by atoms with Gasteiger partial charge in [0, 0.05) is 36.5 Å². The minimum atomic E-state index is 0.152. The van der Waals surface area contributed by atoms with Crippen LogP contribution in [0.3, 0.4) is 0 Å². The summed E-state index contributed by atoms with van der Waals surface area (Å²) in [7, 11) is 0. The fraction of sp³-hybridized carbons (Fsp3) is 0.412. The summed E-state index contributed by atoms with van der Waals surface area (Å²) >= 11 is 3.35. The lowest BCUT2D eigenvalue weighted by molar-refractivity contribution is -0.119. The monoisotopic (exact) mass is 347 g/mol. The van der Waals surface area contributed by atoms with Crippen LogP contribution in [0.5, 0.6) is 0 Å². The molecular weight excluding hydrogens is 326 g/mol. The van der Waals surface area contributed by atoms with E-state index in [0.29, 0.717) is 11.8 Å². The van der Waals surface area contributed by atoms with Gasteiger partial charge in [-0.3, -0.25) is 4.79 Å². The summed E-state index contributed by atoms with van der Waals surface area (Å²) in [4.78, 5) is 18.7. The van der Waals surface area contributed by atoms with Crippen molar-refractivity contribution < 1.29 is 4.79 Å². The maximum absolute atomic E-state index is 12.1. The van der Waals surface area contributed by atoms with Gasteiger partial charge in [0.05, 0.1) is 5.75 Å². The van der Waals surface area contributed by atoms with Gasteiger partial charge in [0.25, 0.3) is 0 Å². The zero-order valence-electron chi connectivity index (χ0n) is 13.0. The van der Waals surface area contributed by atoms with Crippen molar-refractivity contribution in [2.24, 2.45) is 0 Å². The molecule has 0 aliphatic carbocycles. The van der Waals surface area contributed by atoms with Gasteiger partial charge in [-0.25, -0.2) is 4.98 Å². The van der Waals surface area contributed by atoms with E-state index in [1.807, 2.05) is 29.8 Å². The van der Waals surface area contributed by atoms with Crippen LogP contribution < -0.4 is 10.2 Å². The minimum absolute atomic E-state index is 0.152. The lowest BCUT2D eigenvalue weighted by Gasteiger charge is -2.32. The molecule has 4 nitrogen and oxygen atoms in total. The number of thioether (sulfide) groups is 1. The highest BCUT2D eigenvalue weighted by molar-refractivity contribution is 7.99. The molecule has 23 heavy (non-hydrogen) atoms. The maximum atomic E-state index is 12.1. The molecule has 1 fully saturated rings. The number of rotatable bonds is 6. The summed E-state index contributed by atoms with van der Waals surface area (Å²) < 4.78 is 0. The second-order valence-corrected chi connectivity index (χ2v) is 7.48. The van der Waals surface area contributed by atoms with Crippen LogP contribution in [0, 0.1) is 0 Å². The average molecular weight is 348 g/mol. The van der Waals surface area contributed by atoms with Crippen molar-refractivity contribution >= 4 is 34.1 Å². The SMILES string of the molecule is O=C(CSCc1ccccc1)NC1CCN(c2nccs2)CC1. The first-order valence-corrected chi connectivity index (χ1v) is 9.90. The minimum Gasteiger partial charge on any atom is -0.353 e. The Kier molecular flexibility index (Phi) is 5.93. The zero-order chi connectivity index (χ0) is 15.9. The smallest absolute Gasteiger partial charge is 0.230 e. The lowest BCUT2D eigenvalue weighted by Crippen LogP contribution is -2.45. The molecule has 0 bridgehead atoms. The van der Waals surface area contributed by atoms with Gasteiger partial charge < -0.3 is 10.2 Å². The van der Waals surface area contributed by atoms with Gasteiger partial charge in [0.2, 0.25) is 5.91 Å². The molecule has 2 aromatic rings. The number of nitrogens with one attached hydrogen (secondary N) is 1. The molecular formula is C17H21N3OS2. The number of hydrogen-bond acceptors (Lipinski definition) is 5. The standard InChI is InChI=1S/C17H21N3OS2/c21-16(13-22-12-14-4-2-1-3-5-14)19-15-6-9-20(10-7-15)17-18-8-11-23-17/h1-5,8,11,15H,6-7,9-10,12-13H2,(H,19,21). The van der Waals surface area contributed by atoms with Gasteiger partial charge in [-0.2, -0.15) is 0 Å². The molecule has 1 saturated heterocycles. The first-order chi connectivity index (χ1) is 11.3. The Labute approximate surface area is 145 Å². The zero-order valence-corrected chi connectivity index (χ0v) is 14.6. The van der Waals surface area contributed by atoms with Gasteiger partial charge in [0.15, 0.2) is 5.13 Å². The normalized spacial score (nSPS) is 15.6. The molecule has 1 aromatic carbocycles. The number of thiazole rings is 1. The van der Waals surface area contributed by atoms with E-state index in [-0.39, 0.29) is 5.91 Å². The van der Waals surface area contributed by atoms with Crippen molar-refractivity contribution in [1.82, 2.24) is 10.3 Å². The van der Waals surface area contributed by atoms with E-state index in [1.165, 1.54) is 5.56 Å². The molecule has 122 valence electrons. The van der Waals surface area contributed by atoms with Gasteiger partial charge in [-0.1, -0.05) is 30.3 Å². The summed E-state index contributed by atoms with van der Waals surface area (Å²) in [6, 6.07) is 10.6. The number of anilines is 1. The first kappa shape index (κ1) is 16.3. The molecule has 1 aromatic heterocycles. The molecule has 1 N–H and O–H groups in total. The third kappa shape index (κ3) is 4.97. The van der Waals surface area contributed by atoms with Crippen molar-refractivity contribution in [3.63, 3.8) is 0 Å².